The number of unbranched alkanes of at least 4 members (excludes halogenated alkanes) is 1. The Balaban J connectivity index is 1.65. The second-order valence-electron chi connectivity index (χ2n) is 6.41. The predicted octanol–water partition coefficient (Wildman–Crippen LogP) is 3.16. The maximum atomic E-state index is 11.8. The number of fused-ring (bicyclic) bond motifs is 1. The summed E-state index contributed by atoms with van der Waals surface area (Å²) < 4.78 is 7.13. The van der Waals surface area contributed by atoms with Crippen LogP contribution in [-0.2, 0) is 11.3 Å². The smallest absolute Gasteiger partial charge is 0.407 e. The van der Waals surface area contributed by atoms with Gasteiger partial charge in [0, 0.05) is 42.9 Å². The zero-order chi connectivity index (χ0) is 18.4. The van der Waals surface area contributed by atoms with E-state index < -0.39 is 0 Å². The number of carbonyl (C=O) groups excluding carboxylic acids is 1. The molecular formula is C20H24N4O2. The first-order valence-electron chi connectivity index (χ1n) is 8.98. The number of amides is 1. The first kappa shape index (κ1) is 17.9. The van der Waals surface area contributed by atoms with E-state index in [-0.39, 0.29) is 12.0 Å². The largest absolute Gasteiger partial charge is 0.450 e. The second kappa shape index (κ2) is 8.43. The number of rotatable bonds is 6. The van der Waals surface area contributed by atoms with E-state index in [0.29, 0.717) is 13.2 Å². The maximum Gasteiger partial charge on any atom is 0.407 e. The lowest BCUT2D eigenvalue weighted by Gasteiger charge is -2.34. The fourth-order valence-corrected chi connectivity index (χ4v) is 3.04. The first-order valence-corrected chi connectivity index (χ1v) is 8.98. The molecule has 1 aromatic carbocycles. The minimum Gasteiger partial charge on any atom is -0.450 e. The number of aromatic nitrogens is 2. The highest BCUT2D eigenvalue weighted by Crippen LogP contribution is 2.30. The molecule has 1 amide bonds. The van der Waals surface area contributed by atoms with Crippen molar-refractivity contribution in [1.29, 1.82) is 0 Å². The van der Waals surface area contributed by atoms with Crippen molar-refractivity contribution in [2.24, 2.45) is 5.92 Å². The van der Waals surface area contributed by atoms with Gasteiger partial charge in [-0.2, -0.15) is 5.10 Å². The van der Waals surface area contributed by atoms with Crippen molar-refractivity contribution in [3.05, 3.63) is 42.1 Å². The van der Waals surface area contributed by atoms with E-state index in [1.165, 1.54) is 0 Å². The van der Waals surface area contributed by atoms with Crippen molar-refractivity contribution in [2.75, 3.05) is 24.6 Å². The molecule has 0 aliphatic carbocycles. The van der Waals surface area contributed by atoms with Crippen LogP contribution >= 0.6 is 0 Å². The third kappa shape index (κ3) is 4.17. The fourth-order valence-electron chi connectivity index (χ4n) is 3.04. The Labute approximate surface area is 154 Å². The zero-order valence-electron chi connectivity index (χ0n) is 15.0. The number of hydrogen-bond acceptors (Lipinski definition) is 4. The summed E-state index contributed by atoms with van der Waals surface area (Å²) in [5.74, 6) is 3.91. The number of benzene rings is 1. The van der Waals surface area contributed by atoms with Crippen molar-refractivity contribution in [1.82, 2.24) is 15.1 Å². The summed E-state index contributed by atoms with van der Waals surface area (Å²) in [7, 11) is 0. The number of anilines is 2. The van der Waals surface area contributed by atoms with Gasteiger partial charge in [-0.15, -0.1) is 6.42 Å². The van der Waals surface area contributed by atoms with Gasteiger partial charge in [0.1, 0.15) is 5.82 Å². The average Bonchev–Trinajstić information content (AvgIpc) is 3.14. The quantitative estimate of drug-likeness (QED) is 0.641. The van der Waals surface area contributed by atoms with Crippen LogP contribution in [0.3, 0.4) is 0 Å². The van der Waals surface area contributed by atoms with Crippen LogP contribution in [0.5, 0.6) is 0 Å². The topological polar surface area (TPSA) is 59.4 Å². The van der Waals surface area contributed by atoms with Crippen LogP contribution in [0.1, 0.15) is 25.3 Å². The summed E-state index contributed by atoms with van der Waals surface area (Å²) in [6, 6.07) is 9.90. The molecule has 1 N–H and O–H groups in total. The van der Waals surface area contributed by atoms with Crippen LogP contribution in [0.25, 0.3) is 0 Å². The third-order valence-corrected chi connectivity index (χ3v) is 4.45. The molecule has 1 aliphatic rings. The molecule has 0 saturated carbocycles. The number of carbonyl (C=O) groups is 1. The molecule has 1 aromatic heterocycles. The summed E-state index contributed by atoms with van der Waals surface area (Å²) >= 11 is 0. The molecule has 3 rings (SSSR count). The Kier molecular flexibility index (Phi) is 5.80. The molecule has 0 bridgehead atoms. The molecule has 0 spiro atoms. The SMILES string of the molecule is C#Cc1ccc(N2CC(CNC(=O)OCCCC)Cn3nccc32)cc1. The Bertz CT molecular complexity index is 776. The highest BCUT2D eigenvalue weighted by atomic mass is 16.5. The summed E-state index contributed by atoms with van der Waals surface area (Å²) in [5.41, 5.74) is 1.91. The van der Waals surface area contributed by atoms with E-state index in [0.717, 1.165) is 43.0 Å². The lowest BCUT2D eigenvalue weighted by Crippen LogP contribution is -2.41. The molecule has 2 aromatic rings. The zero-order valence-corrected chi connectivity index (χ0v) is 15.0. The number of ether oxygens (including phenoxy) is 1. The van der Waals surface area contributed by atoms with Gasteiger partial charge in [0.25, 0.3) is 0 Å². The second-order valence-corrected chi connectivity index (χ2v) is 6.41. The molecular weight excluding hydrogens is 328 g/mol. The number of hydrogen-bond donors (Lipinski definition) is 1. The minimum atomic E-state index is -0.352. The summed E-state index contributed by atoms with van der Waals surface area (Å²) in [6.07, 6.45) is 8.78. The maximum absolute atomic E-state index is 11.8. The van der Waals surface area contributed by atoms with Gasteiger partial charge in [-0.1, -0.05) is 19.3 Å². The van der Waals surface area contributed by atoms with Crippen molar-refractivity contribution in [2.45, 2.75) is 26.3 Å². The summed E-state index contributed by atoms with van der Waals surface area (Å²) in [4.78, 5) is 14.0. The van der Waals surface area contributed by atoms with Crippen LogP contribution < -0.4 is 10.2 Å². The highest BCUT2D eigenvalue weighted by molar-refractivity contribution is 5.67. The van der Waals surface area contributed by atoms with Gasteiger partial charge in [-0.3, -0.25) is 0 Å². The van der Waals surface area contributed by atoms with Crippen molar-refractivity contribution in [3.63, 3.8) is 0 Å². The van der Waals surface area contributed by atoms with Gasteiger partial charge in [-0.05, 0) is 30.7 Å². The van der Waals surface area contributed by atoms with E-state index in [9.17, 15) is 4.79 Å². The first-order chi connectivity index (χ1) is 12.7. The monoisotopic (exact) mass is 352 g/mol. The van der Waals surface area contributed by atoms with E-state index in [1.807, 2.05) is 35.0 Å². The number of terminal acetylenes is 1. The van der Waals surface area contributed by atoms with Gasteiger partial charge >= 0.3 is 6.09 Å². The molecule has 6 nitrogen and oxygen atoms in total. The molecule has 1 atom stereocenters. The molecule has 2 heterocycles. The van der Waals surface area contributed by atoms with Crippen LogP contribution in [0.2, 0.25) is 0 Å². The Hall–Kier alpha value is -2.94. The Morgan fingerprint density at radius 1 is 1.35 bits per heavy atom. The Morgan fingerprint density at radius 3 is 2.88 bits per heavy atom. The minimum absolute atomic E-state index is 0.230. The number of alkyl carbamates (subject to hydrolysis) is 1. The van der Waals surface area contributed by atoms with Gasteiger partial charge < -0.3 is 15.0 Å². The summed E-state index contributed by atoms with van der Waals surface area (Å²) in [5, 5.41) is 7.27. The van der Waals surface area contributed by atoms with Gasteiger partial charge in [-0.25, -0.2) is 9.48 Å². The lowest BCUT2D eigenvalue weighted by molar-refractivity contribution is 0.142. The van der Waals surface area contributed by atoms with E-state index in [4.69, 9.17) is 11.2 Å². The van der Waals surface area contributed by atoms with Crippen LogP contribution in [0, 0.1) is 18.3 Å². The van der Waals surface area contributed by atoms with Crippen LogP contribution in [0.4, 0.5) is 16.3 Å². The highest BCUT2D eigenvalue weighted by Gasteiger charge is 2.26. The molecule has 0 fully saturated rings. The molecule has 0 saturated heterocycles. The molecule has 1 unspecified atom stereocenters. The standard InChI is InChI=1S/C20H24N4O2/c1-3-5-12-26-20(25)21-13-17-14-23(19-10-11-22-24(19)15-17)18-8-6-16(4-2)7-9-18/h2,6-11,17H,3,5,12-15H2,1H3,(H,21,25). The summed E-state index contributed by atoms with van der Waals surface area (Å²) in [6.45, 7) is 4.62. The molecule has 6 heteroatoms. The lowest BCUT2D eigenvalue weighted by atomic mass is 10.1. The van der Waals surface area contributed by atoms with Crippen LogP contribution in [0.15, 0.2) is 36.5 Å². The predicted molar refractivity (Wildman–Crippen MR) is 101 cm³/mol. The number of nitrogens with one attached hydrogen (secondary N) is 1. The molecule has 0 radical (unpaired) electrons. The normalized spacial score (nSPS) is 15.8. The van der Waals surface area contributed by atoms with Crippen molar-refractivity contribution in [3.8, 4) is 12.3 Å². The number of nitrogens with zero attached hydrogens (tertiary/aromatic N) is 3. The average molecular weight is 352 g/mol. The van der Waals surface area contributed by atoms with E-state index in [1.54, 1.807) is 6.20 Å². The van der Waals surface area contributed by atoms with Gasteiger partial charge in [0.2, 0.25) is 0 Å². The molecule has 26 heavy (non-hydrogen) atoms. The third-order valence-electron chi connectivity index (χ3n) is 4.45. The van der Waals surface area contributed by atoms with Gasteiger partial charge in [0.15, 0.2) is 0 Å². The van der Waals surface area contributed by atoms with Gasteiger partial charge in [0.05, 0.1) is 12.8 Å². The van der Waals surface area contributed by atoms with E-state index >= 15 is 0 Å². The Morgan fingerprint density at radius 2 is 2.15 bits per heavy atom. The van der Waals surface area contributed by atoms with Crippen molar-refractivity contribution >= 4 is 17.6 Å². The molecule has 136 valence electrons. The van der Waals surface area contributed by atoms with Crippen LogP contribution in [-0.4, -0.2) is 35.6 Å². The fraction of sp³-hybridized carbons (Fsp3) is 0.400. The van der Waals surface area contributed by atoms with E-state index in [2.05, 4.69) is 28.2 Å². The molecule has 1 aliphatic heterocycles. The van der Waals surface area contributed by atoms with Crippen molar-refractivity contribution < 1.29 is 9.53 Å².